The molecule has 2 amide bonds. The number of benzene rings is 2. The Bertz CT molecular complexity index is 2980. The van der Waals surface area contributed by atoms with Crippen molar-refractivity contribution in [2.45, 2.75) is 77.3 Å². The first kappa shape index (κ1) is 47.9. The minimum absolute atomic E-state index is 0.0304. The average Bonchev–Trinajstić information content (AvgIpc) is 4.23. The van der Waals surface area contributed by atoms with Crippen LogP contribution in [0, 0.1) is 11.8 Å². The molecule has 1 saturated heterocycles. The number of carbonyl (C=O) groups is 2. The number of carbonyl (C=O) groups excluding carboxylic acids is 2. The number of thiophene rings is 2. The average molecular weight is 1000 g/mol. The van der Waals surface area contributed by atoms with E-state index in [0.717, 1.165) is 130 Å². The molecule has 0 saturated carbocycles. The van der Waals surface area contributed by atoms with Crippen LogP contribution >= 0.6 is 34.3 Å². The van der Waals surface area contributed by atoms with Gasteiger partial charge in [-0.05, 0) is 135 Å². The third-order valence-electron chi connectivity index (χ3n) is 13.9. The lowest BCUT2D eigenvalue weighted by molar-refractivity contribution is -0.134. The molecule has 11 rings (SSSR count). The number of anilines is 4. The number of alkyl halides is 1. The summed E-state index contributed by atoms with van der Waals surface area (Å²) in [4.78, 5) is 62.7. The number of fused-ring (bicyclic) bond motifs is 8. The van der Waals surface area contributed by atoms with Crippen molar-refractivity contribution in [2.75, 3.05) is 77.6 Å². The summed E-state index contributed by atoms with van der Waals surface area (Å²) >= 11 is 9.20. The second kappa shape index (κ2) is 21.3. The highest BCUT2D eigenvalue weighted by Crippen LogP contribution is 2.44. The molecule has 7 heterocycles. The summed E-state index contributed by atoms with van der Waals surface area (Å²) in [5, 5.41) is 9.25. The molecule has 0 spiro atoms. The Kier molecular flexibility index (Phi) is 14.6. The zero-order valence-electron chi connectivity index (χ0n) is 40.4. The fourth-order valence-electron chi connectivity index (χ4n) is 10.2. The van der Waals surface area contributed by atoms with Crippen molar-refractivity contribution in [3.05, 3.63) is 80.1 Å². The molecule has 3 aliphatic heterocycles. The summed E-state index contributed by atoms with van der Waals surface area (Å²) in [6.07, 6.45) is 16.4. The van der Waals surface area contributed by atoms with Crippen LogP contribution < -0.4 is 20.1 Å². The predicted octanol–water partition coefficient (Wildman–Crippen LogP) is 8.99. The largest absolute Gasteiger partial charge is 0.491 e. The quantitative estimate of drug-likeness (QED) is 0.0746. The summed E-state index contributed by atoms with van der Waals surface area (Å²) < 4.78 is 12.4. The van der Waals surface area contributed by atoms with Gasteiger partial charge in [0.1, 0.15) is 45.5 Å². The molecule has 0 bridgehead atoms. The number of likely N-dealkylation sites (tertiary alicyclic amines) is 1. The molecule has 0 unspecified atom stereocenters. The number of aromatic nitrogens is 4. The molecular formula is C52H60ClN11O4S2. The van der Waals surface area contributed by atoms with E-state index in [0.29, 0.717) is 32.2 Å². The van der Waals surface area contributed by atoms with Gasteiger partial charge in [-0.3, -0.25) is 19.6 Å². The zero-order valence-corrected chi connectivity index (χ0v) is 42.7. The third kappa shape index (κ3) is 10.2. The number of aliphatic imine (C=N–C) groups is 2. The number of aryl methyl sites for hydroxylation is 2. The van der Waals surface area contributed by atoms with Crippen molar-refractivity contribution in [2.24, 2.45) is 21.8 Å². The van der Waals surface area contributed by atoms with E-state index in [-0.39, 0.29) is 23.7 Å². The number of halogens is 1. The lowest BCUT2D eigenvalue weighted by atomic mass is 9.87. The summed E-state index contributed by atoms with van der Waals surface area (Å²) in [6.45, 7) is 6.10. The Morgan fingerprint density at radius 1 is 0.700 bits per heavy atom. The molecule has 5 aliphatic rings. The molecular weight excluding hydrogens is 942 g/mol. The van der Waals surface area contributed by atoms with E-state index in [1.165, 1.54) is 52.4 Å². The first-order valence-electron chi connectivity index (χ1n) is 24.5. The van der Waals surface area contributed by atoms with Gasteiger partial charge in [-0.15, -0.1) is 34.3 Å². The van der Waals surface area contributed by atoms with Gasteiger partial charge in [0.15, 0.2) is 0 Å². The number of amides is 2. The summed E-state index contributed by atoms with van der Waals surface area (Å²) in [5.74, 6) is 4.22. The number of nitrogens with one attached hydrogen (secondary N) is 2. The van der Waals surface area contributed by atoms with E-state index in [1.54, 1.807) is 45.1 Å². The number of nitrogens with zero attached hydrogens (tertiary/aromatic N) is 9. The van der Waals surface area contributed by atoms with Gasteiger partial charge in [-0.25, -0.2) is 19.9 Å². The molecule has 2 aliphatic carbocycles. The molecule has 70 heavy (non-hydrogen) atoms. The van der Waals surface area contributed by atoms with E-state index in [1.807, 2.05) is 40.6 Å². The van der Waals surface area contributed by atoms with Crippen molar-refractivity contribution in [1.82, 2.24) is 34.6 Å². The van der Waals surface area contributed by atoms with Gasteiger partial charge in [0, 0.05) is 74.6 Å². The van der Waals surface area contributed by atoms with E-state index >= 15 is 0 Å². The van der Waals surface area contributed by atoms with E-state index in [2.05, 4.69) is 69.7 Å². The maximum atomic E-state index is 12.6. The first-order chi connectivity index (χ1) is 34.1. The van der Waals surface area contributed by atoms with E-state index < -0.39 is 0 Å². The van der Waals surface area contributed by atoms with Crippen molar-refractivity contribution >= 4 is 102 Å². The van der Waals surface area contributed by atoms with Gasteiger partial charge >= 0.3 is 0 Å². The zero-order chi connectivity index (χ0) is 48.3. The van der Waals surface area contributed by atoms with Gasteiger partial charge in [-0.1, -0.05) is 0 Å². The minimum Gasteiger partial charge on any atom is -0.491 e. The van der Waals surface area contributed by atoms with Gasteiger partial charge in [0.2, 0.25) is 11.8 Å². The Balaban J connectivity index is 0.000000163. The van der Waals surface area contributed by atoms with Gasteiger partial charge in [0.05, 0.1) is 48.5 Å². The molecule has 366 valence electrons. The summed E-state index contributed by atoms with van der Waals surface area (Å²) in [6, 6.07) is 8.37. The second-order valence-corrected chi connectivity index (χ2v) is 21.6. The highest BCUT2D eigenvalue weighted by atomic mass is 35.5. The van der Waals surface area contributed by atoms with Crippen LogP contribution in [0.4, 0.5) is 23.0 Å². The molecule has 2 aromatic carbocycles. The summed E-state index contributed by atoms with van der Waals surface area (Å²) in [5.41, 5.74) is 8.85. The number of hydrogen-bond donors (Lipinski definition) is 2. The van der Waals surface area contributed by atoms with Crippen molar-refractivity contribution in [3.8, 4) is 11.5 Å². The van der Waals surface area contributed by atoms with Crippen LogP contribution in [-0.4, -0.2) is 126 Å². The number of ether oxygens (including phenoxy) is 2. The Morgan fingerprint density at radius 3 is 1.66 bits per heavy atom. The fourth-order valence-corrected chi connectivity index (χ4v) is 12.9. The maximum Gasteiger partial charge on any atom is 0.225 e. The van der Waals surface area contributed by atoms with Crippen molar-refractivity contribution in [3.63, 3.8) is 0 Å². The molecule has 4 aromatic heterocycles. The van der Waals surface area contributed by atoms with Crippen LogP contribution in [0.2, 0.25) is 0 Å². The molecule has 1 fully saturated rings. The van der Waals surface area contributed by atoms with Gasteiger partial charge in [-0.2, -0.15) is 0 Å². The molecule has 2 atom stereocenters. The first-order valence-corrected chi connectivity index (χ1v) is 26.6. The lowest BCUT2D eigenvalue weighted by Gasteiger charge is -2.24. The highest BCUT2D eigenvalue weighted by Gasteiger charge is 2.32. The van der Waals surface area contributed by atoms with Crippen molar-refractivity contribution < 1.29 is 19.1 Å². The Morgan fingerprint density at radius 2 is 1.19 bits per heavy atom. The van der Waals surface area contributed by atoms with E-state index in [9.17, 15) is 9.59 Å². The summed E-state index contributed by atoms with van der Waals surface area (Å²) in [7, 11) is 7.32. The normalized spacial score (nSPS) is 17.7. The van der Waals surface area contributed by atoms with Crippen LogP contribution in [0.25, 0.3) is 20.4 Å². The SMILES string of the molecule is CN(C)C(=O)[C@H]1CCc2c(sc3ncnc(Nc4cc5c(cc4OCCCCl)CN=C5)c23)C1.CN(C)C(=O)[C@H]1CCc2c(sc3ncnc(Nc4cc5c(cc4OCCCN4CCCC4)CN=C5)c23)C1. The van der Waals surface area contributed by atoms with Crippen LogP contribution in [0.15, 0.2) is 46.9 Å². The fraction of sp³-hybridized carbons (Fsp3) is 0.462. The maximum absolute atomic E-state index is 12.6. The van der Waals surface area contributed by atoms with E-state index in [4.69, 9.17) is 21.1 Å². The van der Waals surface area contributed by atoms with Gasteiger partial charge in [0.25, 0.3) is 0 Å². The van der Waals surface area contributed by atoms with Crippen LogP contribution in [0.3, 0.4) is 0 Å². The monoisotopic (exact) mass is 1000 g/mol. The Labute approximate surface area is 421 Å². The van der Waals surface area contributed by atoms with Crippen LogP contribution in [0.5, 0.6) is 11.5 Å². The number of hydrogen-bond acceptors (Lipinski definition) is 15. The minimum atomic E-state index is 0.0304. The molecule has 18 heteroatoms. The highest BCUT2D eigenvalue weighted by molar-refractivity contribution is 7.19. The van der Waals surface area contributed by atoms with Crippen molar-refractivity contribution in [1.29, 1.82) is 0 Å². The predicted molar refractivity (Wildman–Crippen MR) is 282 cm³/mol. The Hall–Kier alpha value is -5.75. The smallest absolute Gasteiger partial charge is 0.225 e. The molecule has 2 N–H and O–H groups in total. The topological polar surface area (TPSA) is 163 Å². The van der Waals surface area contributed by atoms with Crippen LogP contribution in [-0.2, 0) is 48.4 Å². The molecule has 15 nitrogen and oxygen atoms in total. The van der Waals surface area contributed by atoms with Gasteiger partial charge < -0.3 is 34.8 Å². The molecule has 6 aromatic rings. The van der Waals surface area contributed by atoms with Crippen LogP contribution in [0.1, 0.15) is 81.7 Å². The standard InChI is InChI=1S/C28H34N6O2S.C24H26ClN5O2S/c1-33(2)28(35)18-6-7-21-24(14-18)37-27-25(21)26(30-17-31-27)32-22-12-19-15-29-16-20(19)13-23(22)36-11-5-10-34-8-3-4-9-34;1-30(2)24(31)14-4-5-17-20(10-14)33-23-21(17)22(27-13-28-23)29-18-8-15-11-26-12-16(15)9-19(18)32-7-3-6-25/h12-13,15,17-18H,3-11,14,16H2,1-2H3,(H,30,31,32);8-9,11,13-14H,3-7,10,12H2,1-2H3,(H,27,28,29)/t18-;14-/m00/s1. The third-order valence-corrected chi connectivity index (χ3v) is 16.4. The second-order valence-electron chi connectivity index (χ2n) is 19.1. The molecule has 0 radical (unpaired) electrons. The number of rotatable bonds is 15. The lowest BCUT2D eigenvalue weighted by Crippen LogP contribution is -2.32.